The highest BCUT2D eigenvalue weighted by atomic mass is 16.1. The van der Waals surface area contributed by atoms with Gasteiger partial charge in [-0.2, -0.15) is 0 Å². The highest BCUT2D eigenvalue weighted by Gasteiger charge is 2.05. The Labute approximate surface area is 70.2 Å². The Bertz CT molecular complexity index is 332. The summed E-state index contributed by atoms with van der Waals surface area (Å²) in [5.41, 5.74) is 7.36. The summed E-state index contributed by atoms with van der Waals surface area (Å²) in [5.74, 6) is 0. The maximum Gasteiger partial charge on any atom is 0.152 e. The topological polar surface area (TPSA) is 60.2 Å². The minimum Gasteiger partial charge on any atom is -0.398 e. The molecule has 0 saturated heterocycles. The molecule has 0 aliphatic carbocycles. The molecule has 0 aromatic heterocycles. The number of hydrogen-bond donors (Lipinski definition) is 1. The average Bonchev–Trinajstić information content (AvgIpc) is 2.06. The Kier molecular flexibility index (Phi) is 2.24. The van der Waals surface area contributed by atoms with Gasteiger partial charge < -0.3 is 5.73 Å². The lowest BCUT2D eigenvalue weighted by atomic mass is 10.0. The van der Waals surface area contributed by atoms with Crippen LogP contribution in [0.1, 0.15) is 26.3 Å². The van der Waals surface area contributed by atoms with Crippen LogP contribution in [0.15, 0.2) is 12.1 Å². The Morgan fingerprint density at radius 3 is 2.42 bits per heavy atom. The highest BCUT2D eigenvalue weighted by molar-refractivity contribution is 5.94. The Morgan fingerprint density at radius 2 is 1.92 bits per heavy atom. The normalized spacial score (nSPS) is 9.42. The molecular formula is C9H9NO2. The Hall–Kier alpha value is -1.64. The number of nitrogen functional groups attached to an aromatic ring is 1. The predicted molar refractivity (Wildman–Crippen MR) is 46.4 cm³/mol. The van der Waals surface area contributed by atoms with Crippen LogP contribution in [0.2, 0.25) is 0 Å². The summed E-state index contributed by atoms with van der Waals surface area (Å²) in [6.07, 6.45) is 1.30. The summed E-state index contributed by atoms with van der Waals surface area (Å²) >= 11 is 0. The molecule has 0 saturated carbocycles. The summed E-state index contributed by atoms with van der Waals surface area (Å²) < 4.78 is 0. The molecule has 1 aromatic rings. The van der Waals surface area contributed by atoms with Gasteiger partial charge in [-0.15, -0.1) is 0 Å². The SMILES string of the molecule is Cc1ccc(C=O)c(N)c1C=O. The first-order chi connectivity index (χ1) is 5.70. The molecule has 62 valence electrons. The third kappa shape index (κ3) is 1.21. The van der Waals surface area contributed by atoms with E-state index < -0.39 is 0 Å². The second-order valence-electron chi connectivity index (χ2n) is 2.53. The zero-order valence-electron chi connectivity index (χ0n) is 6.70. The molecule has 0 aliphatic heterocycles. The van der Waals surface area contributed by atoms with E-state index in [1.807, 2.05) is 0 Å². The van der Waals surface area contributed by atoms with E-state index in [9.17, 15) is 9.59 Å². The number of hydrogen-bond acceptors (Lipinski definition) is 3. The van der Waals surface area contributed by atoms with Gasteiger partial charge in [-0.1, -0.05) is 6.07 Å². The minimum atomic E-state index is 0.264. The van der Waals surface area contributed by atoms with Crippen LogP contribution in [0.4, 0.5) is 5.69 Å². The van der Waals surface area contributed by atoms with Crippen LogP contribution < -0.4 is 5.73 Å². The lowest BCUT2D eigenvalue weighted by Gasteiger charge is -2.04. The number of benzene rings is 1. The Balaban J connectivity index is 3.43. The van der Waals surface area contributed by atoms with Gasteiger partial charge in [0.25, 0.3) is 0 Å². The van der Waals surface area contributed by atoms with Crippen LogP contribution >= 0.6 is 0 Å². The van der Waals surface area contributed by atoms with Crippen molar-refractivity contribution in [3.8, 4) is 0 Å². The maximum absolute atomic E-state index is 10.5. The standard InChI is InChI=1S/C9H9NO2/c1-6-2-3-7(4-11)9(10)8(6)5-12/h2-5H,10H2,1H3. The summed E-state index contributed by atoms with van der Waals surface area (Å²) in [7, 11) is 0. The fourth-order valence-corrected chi connectivity index (χ4v) is 1.02. The summed E-state index contributed by atoms with van der Waals surface area (Å²) in [4.78, 5) is 20.9. The number of nitrogens with two attached hydrogens (primary N) is 1. The van der Waals surface area contributed by atoms with E-state index in [2.05, 4.69) is 0 Å². The number of carbonyl (C=O) groups excluding carboxylic acids is 2. The lowest BCUT2D eigenvalue weighted by molar-refractivity contribution is 0.112. The Morgan fingerprint density at radius 1 is 1.25 bits per heavy atom. The molecule has 0 amide bonds. The van der Waals surface area contributed by atoms with Gasteiger partial charge in [0.05, 0.1) is 5.69 Å². The van der Waals surface area contributed by atoms with Crippen molar-refractivity contribution >= 4 is 18.3 Å². The summed E-state index contributed by atoms with van der Waals surface area (Å²) in [6, 6.07) is 3.30. The van der Waals surface area contributed by atoms with Crippen LogP contribution in [0.3, 0.4) is 0 Å². The van der Waals surface area contributed by atoms with Crippen LogP contribution in [-0.4, -0.2) is 12.6 Å². The van der Waals surface area contributed by atoms with Gasteiger partial charge in [-0.3, -0.25) is 9.59 Å². The zero-order chi connectivity index (χ0) is 9.14. The molecule has 0 aliphatic rings. The fraction of sp³-hybridized carbons (Fsp3) is 0.111. The van der Waals surface area contributed by atoms with Gasteiger partial charge >= 0.3 is 0 Å². The fourth-order valence-electron chi connectivity index (χ4n) is 1.02. The molecule has 3 nitrogen and oxygen atoms in total. The van der Waals surface area contributed by atoms with Crippen LogP contribution in [0, 0.1) is 6.92 Å². The van der Waals surface area contributed by atoms with Crippen molar-refractivity contribution in [2.75, 3.05) is 5.73 Å². The van der Waals surface area contributed by atoms with E-state index in [1.54, 1.807) is 19.1 Å². The quantitative estimate of drug-likeness (QED) is 0.526. The van der Waals surface area contributed by atoms with Crippen LogP contribution in [0.25, 0.3) is 0 Å². The van der Waals surface area contributed by atoms with Crippen LogP contribution in [-0.2, 0) is 0 Å². The molecule has 3 heteroatoms. The smallest absolute Gasteiger partial charge is 0.152 e. The van der Waals surface area contributed by atoms with Crippen LogP contribution in [0.5, 0.6) is 0 Å². The molecule has 0 heterocycles. The first-order valence-electron chi connectivity index (χ1n) is 3.50. The number of aryl methyl sites for hydroxylation is 1. The monoisotopic (exact) mass is 163 g/mol. The van der Waals surface area contributed by atoms with Gasteiger partial charge in [0.2, 0.25) is 0 Å². The summed E-state index contributed by atoms with van der Waals surface area (Å²) in [5, 5.41) is 0. The lowest BCUT2D eigenvalue weighted by Crippen LogP contribution is -2.00. The van der Waals surface area contributed by atoms with E-state index in [1.165, 1.54) is 0 Å². The number of rotatable bonds is 2. The number of carbonyl (C=O) groups is 2. The van der Waals surface area contributed by atoms with Crippen molar-refractivity contribution < 1.29 is 9.59 Å². The molecule has 0 spiro atoms. The third-order valence-electron chi connectivity index (χ3n) is 1.78. The molecule has 1 aromatic carbocycles. The molecule has 0 atom stereocenters. The second kappa shape index (κ2) is 3.17. The predicted octanol–water partition coefficient (Wildman–Crippen LogP) is 1.20. The van der Waals surface area contributed by atoms with E-state index in [0.29, 0.717) is 23.7 Å². The van der Waals surface area contributed by atoms with E-state index in [0.717, 1.165) is 5.56 Å². The van der Waals surface area contributed by atoms with E-state index in [-0.39, 0.29) is 5.69 Å². The van der Waals surface area contributed by atoms with Crippen molar-refractivity contribution in [3.63, 3.8) is 0 Å². The zero-order valence-corrected chi connectivity index (χ0v) is 6.70. The molecule has 12 heavy (non-hydrogen) atoms. The first-order valence-corrected chi connectivity index (χ1v) is 3.50. The molecule has 0 radical (unpaired) electrons. The van der Waals surface area contributed by atoms with Gasteiger partial charge in [0.1, 0.15) is 0 Å². The maximum atomic E-state index is 10.5. The number of aldehydes is 2. The van der Waals surface area contributed by atoms with Crippen molar-refractivity contribution in [1.29, 1.82) is 0 Å². The molecule has 0 fully saturated rings. The van der Waals surface area contributed by atoms with Crippen molar-refractivity contribution in [2.45, 2.75) is 6.92 Å². The second-order valence-corrected chi connectivity index (χ2v) is 2.53. The van der Waals surface area contributed by atoms with Gasteiger partial charge in [0.15, 0.2) is 12.6 Å². The molecule has 2 N–H and O–H groups in total. The van der Waals surface area contributed by atoms with E-state index >= 15 is 0 Å². The molecule has 0 unspecified atom stereocenters. The highest BCUT2D eigenvalue weighted by Crippen LogP contribution is 2.17. The average molecular weight is 163 g/mol. The van der Waals surface area contributed by atoms with Gasteiger partial charge in [-0.05, 0) is 18.6 Å². The van der Waals surface area contributed by atoms with Gasteiger partial charge in [-0.25, -0.2) is 0 Å². The molecule has 1 rings (SSSR count). The van der Waals surface area contributed by atoms with E-state index in [4.69, 9.17) is 5.73 Å². The minimum absolute atomic E-state index is 0.264. The van der Waals surface area contributed by atoms with Crippen molar-refractivity contribution in [1.82, 2.24) is 0 Å². The first kappa shape index (κ1) is 8.46. The van der Waals surface area contributed by atoms with Gasteiger partial charge in [0, 0.05) is 11.1 Å². The van der Waals surface area contributed by atoms with Crippen molar-refractivity contribution in [2.24, 2.45) is 0 Å². The summed E-state index contributed by atoms with van der Waals surface area (Å²) in [6.45, 7) is 1.77. The molecular weight excluding hydrogens is 154 g/mol. The number of anilines is 1. The third-order valence-corrected chi connectivity index (χ3v) is 1.78. The van der Waals surface area contributed by atoms with Crippen molar-refractivity contribution in [3.05, 3.63) is 28.8 Å². The molecule has 0 bridgehead atoms. The largest absolute Gasteiger partial charge is 0.398 e.